The summed E-state index contributed by atoms with van der Waals surface area (Å²) in [5.41, 5.74) is 3.58. The SMILES string of the molecule is COC(=O)/C=C/c1cc(OC)c2oc(-c3ccccc3)c(C)c2c1. The lowest BCUT2D eigenvalue weighted by molar-refractivity contribution is -0.134. The Morgan fingerprint density at radius 3 is 2.54 bits per heavy atom. The number of carbonyl (C=O) groups is 1. The number of hydrogen-bond donors (Lipinski definition) is 0. The van der Waals surface area contributed by atoms with Crippen LogP contribution in [0.4, 0.5) is 0 Å². The highest BCUT2D eigenvalue weighted by Gasteiger charge is 2.16. The Morgan fingerprint density at radius 2 is 1.88 bits per heavy atom. The van der Waals surface area contributed by atoms with Gasteiger partial charge in [-0.15, -0.1) is 0 Å². The van der Waals surface area contributed by atoms with Crippen molar-refractivity contribution in [2.24, 2.45) is 0 Å². The Labute approximate surface area is 140 Å². The molecule has 0 bridgehead atoms. The summed E-state index contributed by atoms with van der Waals surface area (Å²) in [7, 11) is 2.95. The summed E-state index contributed by atoms with van der Waals surface area (Å²) >= 11 is 0. The number of aryl methyl sites for hydroxylation is 1. The van der Waals surface area contributed by atoms with Crippen LogP contribution in [0.5, 0.6) is 5.75 Å². The molecule has 1 aromatic heterocycles. The topological polar surface area (TPSA) is 48.7 Å². The maximum absolute atomic E-state index is 11.3. The molecule has 0 radical (unpaired) electrons. The number of carbonyl (C=O) groups excluding carboxylic acids is 1. The van der Waals surface area contributed by atoms with E-state index in [1.165, 1.54) is 13.2 Å². The lowest BCUT2D eigenvalue weighted by Gasteiger charge is -2.03. The lowest BCUT2D eigenvalue weighted by atomic mass is 10.0. The summed E-state index contributed by atoms with van der Waals surface area (Å²) < 4.78 is 16.2. The van der Waals surface area contributed by atoms with E-state index in [1.54, 1.807) is 13.2 Å². The summed E-state index contributed by atoms with van der Waals surface area (Å²) in [5, 5.41) is 0.956. The van der Waals surface area contributed by atoms with Crippen LogP contribution in [0.15, 0.2) is 53.0 Å². The Balaban J connectivity index is 2.16. The number of fused-ring (bicyclic) bond motifs is 1. The highest BCUT2D eigenvalue weighted by Crippen LogP contribution is 2.38. The Hall–Kier alpha value is -3.01. The van der Waals surface area contributed by atoms with E-state index >= 15 is 0 Å². The number of methoxy groups -OCH3 is 2. The van der Waals surface area contributed by atoms with E-state index in [0.717, 1.165) is 27.8 Å². The number of esters is 1. The van der Waals surface area contributed by atoms with Crippen LogP contribution in [0.3, 0.4) is 0 Å². The van der Waals surface area contributed by atoms with Gasteiger partial charge in [-0.2, -0.15) is 0 Å². The fourth-order valence-electron chi connectivity index (χ4n) is 2.65. The summed E-state index contributed by atoms with van der Waals surface area (Å²) in [5.74, 6) is 1.04. The second-order valence-electron chi connectivity index (χ2n) is 5.38. The van der Waals surface area contributed by atoms with Crippen LogP contribution in [-0.2, 0) is 9.53 Å². The molecule has 122 valence electrons. The van der Waals surface area contributed by atoms with Gasteiger partial charge < -0.3 is 13.9 Å². The van der Waals surface area contributed by atoms with Crippen molar-refractivity contribution in [2.45, 2.75) is 6.92 Å². The van der Waals surface area contributed by atoms with Gasteiger partial charge in [-0.05, 0) is 30.7 Å². The molecule has 4 nitrogen and oxygen atoms in total. The molecule has 0 saturated carbocycles. The molecule has 0 spiro atoms. The van der Waals surface area contributed by atoms with Gasteiger partial charge in [-0.25, -0.2) is 4.79 Å². The standard InChI is InChI=1S/C20H18O4/c1-13-16-11-14(9-10-18(21)23-3)12-17(22-2)20(16)24-19(13)15-7-5-4-6-8-15/h4-12H,1-3H3/b10-9+. The first-order chi connectivity index (χ1) is 11.6. The van der Waals surface area contributed by atoms with Crippen molar-refractivity contribution in [3.63, 3.8) is 0 Å². The third-order valence-electron chi connectivity index (χ3n) is 3.89. The average Bonchev–Trinajstić information content (AvgIpc) is 2.96. The smallest absolute Gasteiger partial charge is 0.330 e. The molecule has 3 rings (SSSR count). The van der Waals surface area contributed by atoms with Crippen LogP contribution in [0, 0.1) is 6.92 Å². The maximum atomic E-state index is 11.3. The molecular formula is C20H18O4. The van der Waals surface area contributed by atoms with Crippen LogP contribution in [0.1, 0.15) is 11.1 Å². The van der Waals surface area contributed by atoms with Crippen molar-refractivity contribution < 1.29 is 18.7 Å². The predicted octanol–water partition coefficient (Wildman–Crippen LogP) is 4.60. The monoisotopic (exact) mass is 322 g/mol. The summed E-state index contributed by atoms with van der Waals surface area (Å²) in [6.45, 7) is 2.02. The van der Waals surface area contributed by atoms with Gasteiger partial charge in [0.1, 0.15) is 5.76 Å². The first-order valence-corrected chi connectivity index (χ1v) is 7.56. The molecule has 1 heterocycles. The minimum Gasteiger partial charge on any atom is -0.493 e. The summed E-state index contributed by atoms with van der Waals surface area (Å²) in [4.78, 5) is 11.3. The molecule has 2 aromatic carbocycles. The summed E-state index contributed by atoms with van der Waals surface area (Å²) in [6.07, 6.45) is 3.08. The number of rotatable bonds is 4. The van der Waals surface area contributed by atoms with Crippen LogP contribution in [0.2, 0.25) is 0 Å². The van der Waals surface area contributed by atoms with Crippen molar-refractivity contribution in [3.05, 3.63) is 59.7 Å². The van der Waals surface area contributed by atoms with Crippen molar-refractivity contribution in [2.75, 3.05) is 14.2 Å². The Bertz CT molecular complexity index is 904. The van der Waals surface area contributed by atoms with Gasteiger partial charge in [0.25, 0.3) is 0 Å². The second kappa shape index (κ2) is 6.62. The molecule has 4 heteroatoms. The van der Waals surface area contributed by atoms with Crippen LogP contribution in [-0.4, -0.2) is 20.2 Å². The molecule has 0 unspecified atom stereocenters. The van der Waals surface area contributed by atoms with E-state index in [-0.39, 0.29) is 0 Å². The quantitative estimate of drug-likeness (QED) is 0.520. The van der Waals surface area contributed by atoms with Gasteiger partial charge >= 0.3 is 5.97 Å². The van der Waals surface area contributed by atoms with Gasteiger partial charge in [0.2, 0.25) is 0 Å². The molecule has 0 atom stereocenters. The van der Waals surface area contributed by atoms with Crippen LogP contribution < -0.4 is 4.74 Å². The lowest BCUT2D eigenvalue weighted by Crippen LogP contribution is -1.93. The molecule has 0 aliphatic rings. The van der Waals surface area contributed by atoms with Crippen molar-refractivity contribution >= 4 is 23.0 Å². The van der Waals surface area contributed by atoms with Crippen LogP contribution >= 0.6 is 0 Å². The molecule has 0 aliphatic heterocycles. The van der Waals surface area contributed by atoms with E-state index in [4.69, 9.17) is 9.15 Å². The first-order valence-electron chi connectivity index (χ1n) is 7.56. The Kier molecular flexibility index (Phi) is 4.38. The first kappa shape index (κ1) is 15.9. The van der Waals surface area contributed by atoms with E-state index in [2.05, 4.69) is 4.74 Å². The Morgan fingerprint density at radius 1 is 1.12 bits per heavy atom. The fraction of sp³-hybridized carbons (Fsp3) is 0.150. The van der Waals surface area contributed by atoms with Crippen molar-refractivity contribution in [1.82, 2.24) is 0 Å². The van der Waals surface area contributed by atoms with E-state index in [9.17, 15) is 4.79 Å². The second-order valence-corrected chi connectivity index (χ2v) is 5.38. The number of benzene rings is 2. The molecule has 0 saturated heterocycles. The minimum absolute atomic E-state index is 0.400. The molecule has 3 aromatic rings. The van der Waals surface area contributed by atoms with Gasteiger partial charge in [0.05, 0.1) is 14.2 Å². The third-order valence-corrected chi connectivity index (χ3v) is 3.89. The average molecular weight is 322 g/mol. The molecule has 0 N–H and O–H groups in total. The molecular weight excluding hydrogens is 304 g/mol. The van der Waals surface area contributed by atoms with Crippen molar-refractivity contribution in [3.8, 4) is 17.1 Å². The molecule has 24 heavy (non-hydrogen) atoms. The zero-order chi connectivity index (χ0) is 17.1. The van der Waals surface area contributed by atoms with Gasteiger partial charge in [-0.1, -0.05) is 30.3 Å². The number of furan rings is 1. The zero-order valence-corrected chi connectivity index (χ0v) is 13.8. The predicted molar refractivity (Wildman–Crippen MR) is 94.0 cm³/mol. The highest BCUT2D eigenvalue weighted by atomic mass is 16.5. The van der Waals surface area contributed by atoms with Gasteiger partial charge in [0, 0.05) is 22.6 Å². The van der Waals surface area contributed by atoms with E-state index in [1.807, 2.05) is 49.4 Å². The van der Waals surface area contributed by atoms with E-state index < -0.39 is 5.97 Å². The number of hydrogen-bond acceptors (Lipinski definition) is 4. The molecule has 0 fully saturated rings. The number of ether oxygens (including phenoxy) is 2. The highest BCUT2D eigenvalue weighted by molar-refractivity contribution is 5.94. The van der Waals surface area contributed by atoms with E-state index in [0.29, 0.717) is 11.3 Å². The van der Waals surface area contributed by atoms with Gasteiger partial charge in [-0.3, -0.25) is 0 Å². The largest absolute Gasteiger partial charge is 0.493 e. The maximum Gasteiger partial charge on any atom is 0.330 e. The minimum atomic E-state index is -0.400. The van der Waals surface area contributed by atoms with Crippen molar-refractivity contribution in [1.29, 1.82) is 0 Å². The molecule has 0 aliphatic carbocycles. The van der Waals surface area contributed by atoms with Crippen LogP contribution in [0.25, 0.3) is 28.4 Å². The summed E-state index contributed by atoms with van der Waals surface area (Å²) in [6, 6.07) is 13.7. The zero-order valence-electron chi connectivity index (χ0n) is 13.8. The normalized spacial score (nSPS) is 11.1. The third kappa shape index (κ3) is 2.91. The van der Waals surface area contributed by atoms with Gasteiger partial charge in [0.15, 0.2) is 11.3 Å². The molecule has 0 amide bonds. The fourth-order valence-corrected chi connectivity index (χ4v) is 2.65.